The lowest BCUT2D eigenvalue weighted by Crippen LogP contribution is -2.31. The molecule has 0 aromatic carbocycles. The van der Waals surface area contributed by atoms with Crippen molar-refractivity contribution in [1.82, 2.24) is 20.0 Å². The standard InChI is InChI=1S/C16H31ClN4/c1-6-8-13(3)15(18-9-7-2)16-14(17)12-19-21(16)11-10-20(4)5/h12-13,15,18H,6-11H2,1-5H3. The predicted molar refractivity (Wildman–Crippen MR) is 90.9 cm³/mol. The van der Waals surface area contributed by atoms with Gasteiger partial charge in [0.25, 0.3) is 0 Å². The molecule has 0 saturated heterocycles. The molecule has 0 amide bonds. The zero-order chi connectivity index (χ0) is 15.8. The maximum atomic E-state index is 6.44. The summed E-state index contributed by atoms with van der Waals surface area (Å²) < 4.78 is 2.07. The lowest BCUT2D eigenvalue weighted by molar-refractivity contribution is 0.325. The highest BCUT2D eigenvalue weighted by Crippen LogP contribution is 2.30. The molecule has 1 aromatic heterocycles. The number of hydrogen-bond acceptors (Lipinski definition) is 3. The molecule has 1 heterocycles. The minimum Gasteiger partial charge on any atom is -0.308 e. The van der Waals surface area contributed by atoms with E-state index in [1.165, 1.54) is 12.8 Å². The normalized spacial score (nSPS) is 14.6. The Bertz CT molecular complexity index is 403. The Morgan fingerprint density at radius 1 is 1.33 bits per heavy atom. The molecule has 122 valence electrons. The monoisotopic (exact) mass is 314 g/mol. The van der Waals surface area contributed by atoms with E-state index in [0.717, 1.165) is 36.8 Å². The highest BCUT2D eigenvalue weighted by atomic mass is 35.5. The van der Waals surface area contributed by atoms with E-state index in [1.54, 1.807) is 6.20 Å². The summed E-state index contributed by atoms with van der Waals surface area (Å²) in [5, 5.41) is 8.93. The number of nitrogens with zero attached hydrogens (tertiary/aromatic N) is 3. The summed E-state index contributed by atoms with van der Waals surface area (Å²) in [6.07, 6.45) is 5.29. The molecule has 2 unspecified atom stereocenters. The smallest absolute Gasteiger partial charge is 0.0834 e. The summed E-state index contributed by atoms with van der Waals surface area (Å²) in [5.41, 5.74) is 1.15. The third kappa shape index (κ3) is 5.61. The van der Waals surface area contributed by atoms with Crippen LogP contribution in [-0.2, 0) is 6.54 Å². The van der Waals surface area contributed by atoms with Crippen LogP contribution >= 0.6 is 11.6 Å². The second kappa shape index (κ2) is 9.44. The molecule has 0 aliphatic rings. The van der Waals surface area contributed by atoms with E-state index in [0.29, 0.717) is 5.92 Å². The van der Waals surface area contributed by atoms with E-state index >= 15 is 0 Å². The molecule has 0 aliphatic heterocycles. The topological polar surface area (TPSA) is 33.1 Å². The van der Waals surface area contributed by atoms with Gasteiger partial charge in [-0.1, -0.05) is 38.8 Å². The van der Waals surface area contributed by atoms with E-state index in [1.807, 2.05) is 0 Å². The van der Waals surface area contributed by atoms with Crippen LogP contribution in [0.15, 0.2) is 6.20 Å². The van der Waals surface area contributed by atoms with Crippen molar-refractivity contribution in [2.75, 3.05) is 27.2 Å². The molecule has 0 aliphatic carbocycles. The van der Waals surface area contributed by atoms with Crippen LogP contribution < -0.4 is 5.32 Å². The van der Waals surface area contributed by atoms with E-state index in [-0.39, 0.29) is 6.04 Å². The zero-order valence-corrected chi connectivity index (χ0v) is 15.0. The Morgan fingerprint density at radius 3 is 2.62 bits per heavy atom. The van der Waals surface area contributed by atoms with Crippen LogP contribution in [0, 0.1) is 5.92 Å². The minimum absolute atomic E-state index is 0.280. The van der Waals surface area contributed by atoms with Crippen molar-refractivity contribution in [2.24, 2.45) is 5.92 Å². The van der Waals surface area contributed by atoms with Gasteiger partial charge in [-0.05, 0) is 39.4 Å². The van der Waals surface area contributed by atoms with Gasteiger partial charge in [0.15, 0.2) is 0 Å². The largest absolute Gasteiger partial charge is 0.308 e. The summed E-state index contributed by atoms with van der Waals surface area (Å²) in [5.74, 6) is 0.550. The van der Waals surface area contributed by atoms with Crippen LogP contribution in [0.3, 0.4) is 0 Å². The Kier molecular flexibility index (Phi) is 8.30. The predicted octanol–water partition coefficient (Wildman–Crippen LogP) is 3.58. The molecule has 0 spiro atoms. The van der Waals surface area contributed by atoms with Gasteiger partial charge in [0.2, 0.25) is 0 Å². The number of halogens is 1. The van der Waals surface area contributed by atoms with Gasteiger partial charge < -0.3 is 10.2 Å². The van der Waals surface area contributed by atoms with Crippen molar-refractivity contribution < 1.29 is 0 Å². The van der Waals surface area contributed by atoms with Gasteiger partial charge in [0, 0.05) is 6.54 Å². The summed E-state index contributed by atoms with van der Waals surface area (Å²) in [7, 11) is 4.16. The van der Waals surface area contributed by atoms with E-state index in [9.17, 15) is 0 Å². The number of hydrogen-bond donors (Lipinski definition) is 1. The minimum atomic E-state index is 0.280. The average Bonchev–Trinajstić information content (AvgIpc) is 2.79. The van der Waals surface area contributed by atoms with Gasteiger partial charge >= 0.3 is 0 Å². The third-order valence-corrected chi connectivity index (χ3v) is 4.11. The lowest BCUT2D eigenvalue weighted by atomic mass is 9.94. The van der Waals surface area contributed by atoms with Gasteiger partial charge in [-0.2, -0.15) is 5.10 Å². The Hall–Kier alpha value is -0.580. The summed E-state index contributed by atoms with van der Waals surface area (Å²) in [6.45, 7) is 9.58. The summed E-state index contributed by atoms with van der Waals surface area (Å²) in [6, 6.07) is 0.280. The molecule has 5 heteroatoms. The first-order chi connectivity index (χ1) is 10.0. The molecule has 0 saturated carbocycles. The van der Waals surface area contributed by atoms with Gasteiger partial charge in [-0.25, -0.2) is 0 Å². The molecule has 0 radical (unpaired) electrons. The van der Waals surface area contributed by atoms with Crippen LogP contribution in [0.5, 0.6) is 0 Å². The highest BCUT2D eigenvalue weighted by Gasteiger charge is 2.24. The van der Waals surface area contributed by atoms with E-state index in [2.05, 4.69) is 54.9 Å². The second-order valence-electron chi connectivity index (χ2n) is 6.10. The first-order valence-corrected chi connectivity index (χ1v) is 8.48. The van der Waals surface area contributed by atoms with E-state index < -0.39 is 0 Å². The average molecular weight is 315 g/mol. The molecule has 1 aromatic rings. The molecular formula is C16H31ClN4. The van der Waals surface area contributed by atoms with Crippen LogP contribution in [0.2, 0.25) is 5.02 Å². The van der Waals surface area contributed by atoms with Crippen molar-refractivity contribution in [3.05, 3.63) is 16.9 Å². The molecule has 0 fully saturated rings. The first-order valence-electron chi connectivity index (χ1n) is 8.10. The number of rotatable bonds is 10. The van der Waals surface area contributed by atoms with Crippen molar-refractivity contribution in [1.29, 1.82) is 0 Å². The highest BCUT2D eigenvalue weighted by molar-refractivity contribution is 6.31. The maximum Gasteiger partial charge on any atom is 0.0834 e. The Morgan fingerprint density at radius 2 is 2.05 bits per heavy atom. The third-order valence-electron chi connectivity index (χ3n) is 3.81. The van der Waals surface area contributed by atoms with Crippen LogP contribution in [0.1, 0.15) is 51.8 Å². The van der Waals surface area contributed by atoms with Crippen LogP contribution in [0.4, 0.5) is 0 Å². The lowest BCUT2D eigenvalue weighted by Gasteiger charge is -2.26. The fourth-order valence-electron chi connectivity index (χ4n) is 2.64. The summed E-state index contributed by atoms with van der Waals surface area (Å²) >= 11 is 6.44. The first kappa shape index (κ1) is 18.5. The molecule has 1 rings (SSSR count). The fraction of sp³-hybridized carbons (Fsp3) is 0.812. The van der Waals surface area contributed by atoms with Crippen molar-refractivity contribution in [3.63, 3.8) is 0 Å². The van der Waals surface area contributed by atoms with Crippen molar-refractivity contribution in [2.45, 2.75) is 52.6 Å². The van der Waals surface area contributed by atoms with Crippen molar-refractivity contribution in [3.8, 4) is 0 Å². The van der Waals surface area contributed by atoms with Gasteiger partial charge in [0.1, 0.15) is 0 Å². The molecule has 2 atom stereocenters. The number of aromatic nitrogens is 2. The summed E-state index contributed by atoms with van der Waals surface area (Å²) in [4.78, 5) is 2.17. The maximum absolute atomic E-state index is 6.44. The SMILES string of the molecule is CCCNC(c1c(Cl)cnn1CCN(C)C)C(C)CCC. The molecule has 21 heavy (non-hydrogen) atoms. The molecule has 0 bridgehead atoms. The van der Waals surface area contributed by atoms with Crippen molar-refractivity contribution >= 4 is 11.6 Å². The van der Waals surface area contributed by atoms with Crippen LogP contribution in [0.25, 0.3) is 0 Å². The van der Waals surface area contributed by atoms with Gasteiger partial charge in [0.05, 0.1) is 29.5 Å². The Balaban J connectivity index is 2.96. The molecule has 4 nitrogen and oxygen atoms in total. The fourth-order valence-corrected chi connectivity index (χ4v) is 2.90. The molecular weight excluding hydrogens is 284 g/mol. The zero-order valence-electron chi connectivity index (χ0n) is 14.2. The number of nitrogens with one attached hydrogen (secondary N) is 1. The second-order valence-corrected chi connectivity index (χ2v) is 6.51. The molecule has 1 N–H and O–H groups in total. The number of likely N-dealkylation sites (N-methyl/N-ethyl adjacent to an activating group) is 1. The quantitative estimate of drug-likeness (QED) is 0.716. The van der Waals surface area contributed by atoms with Crippen LogP contribution in [-0.4, -0.2) is 41.9 Å². The van der Waals surface area contributed by atoms with Gasteiger partial charge in [-0.3, -0.25) is 4.68 Å². The van der Waals surface area contributed by atoms with Gasteiger partial charge in [-0.15, -0.1) is 0 Å². The Labute approximate surface area is 134 Å². The van der Waals surface area contributed by atoms with E-state index in [4.69, 9.17) is 11.6 Å².